The number of aliphatic hydroxyl groups is 3. The van der Waals surface area contributed by atoms with Crippen molar-refractivity contribution in [2.75, 3.05) is 6.61 Å². The van der Waals surface area contributed by atoms with Gasteiger partial charge in [-0.1, -0.05) is 12.2 Å². The van der Waals surface area contributed by atoms with Crippen molar-refractivity contribution in [2.45, 2.75) is 31.3 Å². The first kappa shape index (κ1) is 12.1. The van der Waals surface area contributed by atoms with Crippen LogP contribution in [0.25, 0.3) is 0 Å². The van der Waals surface area contributed by atoms with Crippen LogP contribution in [0.5, 0.6) is 0 Å². The molecule has 2 rings (SSSR count). The number of carbonyl (C=O) groups is 1. The van der Waals surface area contributed by atoms with Gasteiger partial charge in [-0.25, -0.2) is 4.79 Å². The number of ether oxygens (including phenoxy) is 2. The molecule has 3 N–H and O–H groups in total. The molecule has 1 aliphatic carbocycles. The fourth-order valence-corrected chi connectivity index (χ4v) is 2.17. The highest BCUT2D eigenvalue weighted by Gasteiger charge is 2.50. The van der Waals surface area contributed by atoms with Crippen molar-refractivity contribution in [3.8, 4) is 0 Å². The van der Waals surface area contributed by atoms with Gasteiger partial charge >= 0.3 is 6.16 Å². The molecule has 0 aromatic rings. The molecule has 0 amide bonds. The molecular formula is C11H14O6. The third-order valence-corrected chi connectivity index (χ3v) is 2.96. The summed E-state index contributed by atoms with van der Waals surface area (Å²) < 4.78 is 9.73. The molecule has 4 atom stereocenters. The third kappa shape index (κ3) is 1.84. The summed E-state index contributed by atoms with van der Waals surface area (Å²) in [6, 6.07) is 0. The average molecular weight is 242 g/mol. The maximum absolute atomic E-state index is 11.1. The summed E-state index contributed by atoms with van der Waals surface area (Å²) in [6.45, 7) is 1.34. The van der Waals surface area contributed by atoms with Crippen molar-refractivity contribution < 1.29 is 29.6 Å². The van der Waals surface area contributed by atoms with Gasteiger partial charge in [0.1, 0.15) is 12.2 Å². The van der Waals surface area contributed by atoms with Gasteiger partial charge < -0.3 is 24.8 Å². The van der Waals surface area contributed by atoms with Crippen molar-refractivity contribution in [1.82, 2.24) is 0 Å². The van der Waals surface area contributed by atoms with Crippen molar-refractivity contribution in [3.05, 3.63) is 23.3 Å². The zero-order valence-electron chi connectivity index (χ0n) is 9.24. The van der Waals surface area contributed by atoms with E-state index in [1.165, 1.54) is 0 Å². The lowest BCUT2D eigenvalue weighted by molar-refractivity contribution is -0.0546. The quantitative estimate of drug-likeness (QED) is 0.564. The van der Waals surface area contributed by atoms with Gasteiger partial charge in [-0.3, -0.25) is 0 Å². The number of aliphatic hydroxyl groups excluding tert-OH is 3. The lowest BCUT2D eigenvalue weighted by Gasteiger charge is -2.33. The number of rotatable bonds is 2. The number of hydrogen-bond donors (Lipinski definition) is 3. The van der Waals surface area contributed by atoms with Crippen LogP contribution in [0.15, 0.2) is 23.3 Å². The molecule has 1 saturated heterocycles. The van der Waals surface area contributed by atoms with Gasteiger partial charge in [0.05, 0.1) is 6.61 Å². The zero-order chi connectivity index (χ0) is 12.6. The monoisotopic (exact) mass is 242 g/mol. The highest BCUT2D eigenvalue weighted by atomic mass is 16.8. The summed E-state index contributed by atoms with van der Waals surface area (Å²) in [6.07, 6.45) is -1.82. The van der Waals surface area contributed by atoms with Crippen molar-refractivity contribution in [1.29, 1.82) is 0 Å². The van der Waals surface area contributed by atoms with Crippen LogP contribution in [-0.2, 0) is 9.47 Å². The van der Waals surface area contributed by atoms with E-state index in [1.54, 1.807) is 19.1 Å². The van der Waals surface area contributed by atoms with E-state index in [4.69, 9.17) is 9.47 Å². The standard InChI is InChI=1S/C11H14O6/c1-2-3-5-6(4-12)7(13)8(14)10-9(5)16-11(15)17-10/h2-3,7-10,12-14H,4H2,1H3/b3-2+/t7-,8-,9-,10+/m1/s1. The van der Waals surface area contributed by atoms with Gasteiger partial charge in [0, 0.05) is 5.57 Å². The molecule has 17 heavy (non-hydrogen) atoms. The Morgan fingerprint density at radius 2 is 2.06 bits per heavy atom. The number of fused-ring (bicyclic) bond motifs is 1. The second-order valence-corrected chi connectivity index (χ2v) is 3.95. The Kier molecular flexibility index (Phi) is 3.19. The van der Waals surface area contributed by atoms with Crippen LogP contribution in [0, 0.1) is 0 Å². The Labute approximate surface area is 97.8 Å². The SMILES string of the molecule is C/C=C/C1=C(CO)[C@@H](O)[C@@H](O)[C@@H]2OC(=O)O[C@H]12. The second kappa shape index (κ2) is 4.48. The maximum Gasteiger partial charge on any atom is 0.509 e. The predicted molar refractivity (Wildman–Crippen MR) is 56.1 cm³/mol. The van der Waals surface area contributed by atoms with E-state index in [0.717, 1.165) is 0 Å². The molecule has 1 heterocycles. The zero-order valence-corrected chi connectivity index (χ0v) is 9.24. The minimum Gasteiger partial charge on any atom is -0.424 e. The Balaban J connectivity index is 2.46. The molecule has 0 saturated carbocycles. The molecule has 1 fully saturated rings. The van der Waals surface area contributed by atoms with E-state index in [9.17, 15) is 20.1 Å². The van der Waals surface area contributed by atoms with Gasteiger partial charge in [0.25, 0.3) is 0 Å². The summed E-state index contributed by atoms with van der Waals surface area (Å²) in [5.41, 5.74) is 0.721. The average Bonchev–Trinajstić information content (AvgIpc) is 2.68. The van der Waals surface area contributed by atoms with Gasteiger partial charge in [-0.05, 0) is 12.5 Å². The molecule has 0 unspecified atom stereocenters. The predicted octanol–water partition coefficient (Wildman–Crippen LogP) is -0.509. The van der Waals surface area contributed by atoms with Crippen LogP contribution in [0.2, 0.25) is 0 Å². The van der Waals surface area contributed by atoms with E-state index in [2.05, 4.69) is 0 Å². The Hall–Kier alpha value is -1.37. The molecule has 2 aliphatic rings. The van der Waals surface area contributed by atoms with Crippen LogP contribution < -0.4 is 0 Å². The Bertz CT molecular complexity index is 385. The normalized spacial score (nSPS) is 37.1. The molecule has 6 nitrogen and oxygen atoms in total. The van der Waals surface area contributed by atoms with Gasteiger partial charge in [-0.15, -0.1) is 0 Å². The first-order valence-corrected chi connectivity index (χ1v) is 5.30. The molecule has 1 aliphatic heterocycles. The minimum atomic E-state index is -1.29. The van der Waals surface area contributed by atoms with E-state index in [-0.39, 0.29) is 5.57 Å². The second-order valence-electron chi connectivity index (χ2n) is 3.95. The number of carbonyl (C=O) groups excluding carboxylic acids is 1. The van der Waals surface area contributed by atoms with E-state index in [1.807, 2.05) is 0 Å². The lowest BCUT2D eigenvalue weighted by Crippen LogP contribution is -2.49. The largest absolute Gasteiger partial charge is 0.509 e. The smallest absolute Gasteiger partial charge is 0.424 e. The highest BCUT2D eigenvalue weighted by Crippen LogP contribution is 2.35. The topological polar surface area (TPSA) is 96.2 Å². The molecule has 0 aromatic heterocycles. The van der Waals surface area contributed by atoms with Crippen molar-refractivity contribution in [3.63, 3.8) is 0 Å². The number of allylic oxidation sites excluding steroid dienone is 1. The van der Waals surface area contributed by atoms with Gasteiger partial charge in [-0.2, -0.15) is 0 Å². The molecule has 0 radical (unpaired) electrons. The highest BCUT2D eigenvalue weighted by molar-refractivity contribution is 5.64. The van der Waals surface area contributed by atoms with Gasteiger partial charge in [0.15, 0.2) is 12.2 Å². The minimum absolute atomic E-state index is 0.246. The third-order valence-electron chi connectivity index (χ3n) is 2.96. The first-order chi connectivity index (χ1) is 8.10. The summed E-state index contributed by atoms with van der Waals surface area (Å²) in [5.74, 6) is 0. The first-order valence-electron chi connectivity index (χ1n) is 5.30. The van der Waals surface area contributed by atoms with Crippen LogP contribution in [0.1, 0.15) is 6.92 Å². The molecule has 0 bridgehead atoms. The van der Waals surface area contributed by atoms with Crippen molar-refractivity contribution in [2.24, 2.45) is 0 Å². The Morgan fingerprint density at radius 1 is 1.35 bits per heavy atom. The summed E-state index contributed by atoms with van der Waals surface area (Å²) in [4.78, 5) is 11.1. The summed E-state index contributed by atoms with van der Waals surface area (Å²) in [7, 11) is 0. The van der Waals surface area contributed by atoms with Crippen LogP contribution >= 0.6 is 0 Å². The molecule has 0 spiro atoms. The van der Waals surface area contributed by atoms with Crippen LogP contribution in [0.3, 0.4) is 0 Å². The Morgan fingerprint density at radius 3 is 2.65 bits per heavy atom. The van der Waals surface area contributed by atoms with Crippen LogP contribution in [0.4, 0.5) is 4.79 Å². The summed E-state index contributed by atoms with van der Waals surface area (Å²) in [5, 5.41) is 28.8. The van der Waals surface area contributed by atoms with Crippen LogP contribution in [-0.4, -0.2) is 52.5 Å². The fraction of sp³-hybridized carbons (Fsp3) is 0.545. The molecule has 0 aromatic carbocycles. The summed E-state index contributed by atoms with van der Waals surface area (Å²) >= 11 is 0. The van der Waals surface area contributed by atoms with E-state index < -0.39 is 37.2 Å². The molecule has 94 valence electrons. The van der Waals surface area contributed by atoms with E-state index >= 15 is 0 Å². The van der Waals surface area contributed by atoms with Crippen molar-refractivity contribution >= 4 is 6.16 Å². The molecule has 6 heteroatoms. The molecular weight excluding hydrogens is 228 g/mol. The van der Waals surface area contributed by atoms with E-state index in [0.29, 0.717) is 5.57 Å². The maximum atomic E-state index is 11.1. The van der Waals surface area contributed by atoms with Gasteiger partial charge in [0.2, 0.25) is 0 Å². The number of hydrogen-bond acceptors (Lipinski definition) is 6. The lowest BCUT2D eigenvalue weighted by atomic mass is 9.83. The fourth-order valence-electron chi connectivity index (χ4n) is 2.17.